The lowest BCUT2D eigenvalue weighted by Crippen LogP contribution is -2.20. The van der Waals surface area contributed by atoms with Gasteiger partial charge in [0.1, 0.15) is 0 Å². The number of thioether (sulfide) groups is 1. The number of anilines is 1. The molecule has 162 valence electrons. The highest BCUT2D eigenvalue weighted by atomic mass is 35.5. The third-order valence-electron chi connectivity index (χ3n) is 4.41. The van der Waals surface area contributed by atoms with Crippen LogP contribution < -0.4 is 10.9 Å². The number of halogens is 1. The largest absolute Gasteiger partial charge is 0.324 e. The number of rotatable bonds is 7. The van der Waals surface area contributed by atoms with Gasteiger partial charge in [-0.1, -0.05) is 48.5 Å². The van der Waals surface area contributed by atoms with E-state index in [1.807, 2.05) is 19.9 Å². The first-order chi connectivity index (χ1) is 14.7. The number of sulfone groups is 1. The highest BCUT2D eigenvalue weighted by Gasteiger charge is 2.22. The van der Waals surface area contributed by atoms with Crippen molar-refractivity contribution in [3.8, 4) is 0 Å². The van der Waals surface area contributed by atoms with Crippen LogP contribution in [-0.4, -0.2) is 30.0 Å². The molecule has 0 saturated heterocycles. The second-order valence-electron chi connectivity index (χ2n) is 6.70. The Bertz CT molecular complexity index is 1270. The number of carbonyl (C=O) groups is 1. The third kappa shape index (κ3) is 5.55. The Morgan fingerprint density at radius 1 is 1.19 bits per heavy atom. The molecule has 3 rings (SSSR count). The zero-order chi connectivity index (χ0) is 22.6. The van der Waals surface area contributed by atoms with Crippen LogP contribution >= 0.6 is 23.4 Å². The van der Waals surface area contributed by atoms with Gasteiger partial charge in [-0.25, -0.2) is 13.4 Å². The van der Waals surface area contributed by atoms with Gasteiger partial charge in [0.05, 0.1) is 27.6 Å². The topological polar surface area (TPSA) is 109 Å². The molecule has 0 fully saturated rings. The summed E-state index contributed by atoms with van der Waals surface area (Å²) in [6, 6.07) is 11.6. The lowest BCUT2D eigenvalue weighted by atomic mass is 10.2. The number of amides is 1. The summed E-state index contributed by atoms with van der Waals surface area (Å²) in [4.78, 5) is 30.5. The Kier molecular flexibility index (Phi) is 7.19. The van der Waals surface area contributed by atoms with Gasteiger partial charge >= 0.3 is 0 Å². The quantitative estimate of drug-likeness (QED) is 0.395. The number of aryl methyl sites for hydroxylation is 2. The van der Waals surface area contributed by atoms with Gasteiger partial charge in [-0.3, -0.25) is 9.59 Å². The molecule has 2 aromatic carbocycles. The standard InChI is InChI=1S/C21H20ClN3O4S2/c1-3-14-5-7-15(8-6-14)31(28,29)18-11-23-21(25-20(18)27)30-12-19(26)24-17-9-4-13(2)10-16(17)22/h4-11H,3,12H2,1-2H3,(H,24,26)(H,23,25,27). The van der Waals surface area contributed by atoms with Crippen molar-refractivity contribution in [2.24, 2.45) is 0 Å². The first kappa shape index (κ1) is 23.1. The van der Waals surface area contributed by atoms with Crippen molar-refractivity contribution in [2.75, 3.05) is 11.1 Å². The number of hydrogen-bond donors (Lipinski definition) is 2. The number of benzene rings is 2. The van der Waals surface area contributed by atoms with Gasteiger partial charge in [0.25, 0.3) is 5.56 Å². The molecule has 0 spiro atoms. The first-order valence-corrected chi connectivity index (χ1v) is 12.2. The van der Waals surface area contributed by atoms with E-state index < -0.39 is 20.3 Å². The van der Waals surface area contributed by atoms with Crippen LogP contribution in [0, 0.1) is 6.92 Å². The first-order valence-electron chi connectivity index (χ1n) is 9.33. The maximum absolute atomic E-state index is 12.7. The van der Waals surface area contributed by atoms with Gasteiger partial charge in [0.2, 0.25) is 15.7 Å². The van der Waals surface area contributed by atoms with Crippen molar-refractivity contribution in [3.63, 3.8) is 0 Å². The molecule has 0 bridgehead atoms. The number of nitrogens with one attached hydrogen (secondary N) is 2. The molecule has 0 unspecified atom stereocenters. The summed E-state index contributed by atoms with van der Waals surface area (Å²) < 4.78 is 25.5. The van der Waals surface area contributed by atoms with E-state index in [0.717, 1.165) is 35.5 Å². The lowest BCUT2D eigenvalue weighted by Gasteiger charge is -2.08. The van der Waals surface area contributed by atoms with Gasteiger partial charge in [0.15, 0.2) is 10.1 Å². The molecule has 0 aliphatic carbocycles. The van der Waals surface area contributed by atoms with Crippen LogP contribution in [-0.2, 0) is 21.1 Å². The zero-order valence-electron chi connectivity index (χ0n) is 16.8. The smallest absolute Gasteiger partial charge is 0.270 e. The number of aromatic nitrogens is 2. The van der Waals surface area contributed by atoms with Gasteiger partial charge < -0.3 is 10.3 Å². The van der Waals surface area contributed by atoms with Crippen LogP contribution in [0.1, 0.15) is 18.1 Å². The predicted molar refractivity (Wildman–Crippen MR) is 122 cm³/mol. The van der Waals surface area contributed by atoms with Crippen LogP contribution in [0.4, 0.5) is 5.69 Å². The van der Waals surface area contributed by atoms with Crippen LogP contribution in [0.3, 0.4) is 0 Å². The van der Waals surface area contributed by atoms with E-state index in [4.69, 9.17) is 11.6 Å². The Hall–Kier alpha value is -2.62. The van der Waals surface area contributed by atoms with Crippen LogP contribution in [0.15, 0.2) is 68.4 Å². The Balaban J connectivity index is 1.70. The molecule has 0 aliphatic heterocycles. The molecule has 0 radical (unpaired) electrons. The minimum Gasteiger partial charge on any atom is -0.324 e. The minimum absolute atomic E-state index is 0.0201. The van der Waals surface area contributed by atoms with Gasteiger partial charge in [0, 0.05) is 0 Å². The fourth-order valence-corrected chi connectivity index (χ4v) is 4.85. The average Bonchev–Trinajstić information content (AvgIpc) is 2.74. The van der Waals surface area contributed by atoms with Gasteiger partial charge in [-0.2, -0.15) is 0 Å². The van der Waals surface area contributed by atoms with Crippen molar-refractivity contribution in [1.82, 2.24) is 9.97 Å². The van der Waals surface area contributed by atoms with Crippen molar-refractivity contribution in [2.45, 2.75) is 35.2 Å². The monoisotopic (exact) mass is 477 g/mol. The van der Waals surface area contributed by atoms with E-state index in [1.54, 1.807) is 24.3 Å². The van der Waals surface area contributed by atoms with Gasteiger partial charge in [-0.15, -0.1) is 0 Å². The third-order valence-corrected chi connectivity index (χ3v) is 7.38. The Morgan fingerprint density at radius 2 is 1.90 bits per heavy atom. The summed E-state index contributed by atoms with van der Waals surface area (Å²) in [5, 5.41) is 3.24. The minimum atomic E-state index is -4.00. The van der Waals surface area contributed by atoms with E-state index in [2.05, 4.69) is 15.3 Å². The number of aromatic amines is 1. The molecule has 1 amide bonds. The molecule has 2 N–H and O–H groups in total. The molecule has 7 nitrogen and oxygen atoms in total. The second kappa shape index (κ2) is 9.67. The van der Waals surface area contributed by atoms with Crippen LogP contribution in [0.2, 0.25) is 5.02 Å². The van der Waals surface area contributed by atoms with Crippen LogP contribution in [0.5, 0.6) is 0 Å². The van der Waals surface area contributed by atoms with E-state index >= 15 is 0 Å². The second-order valence-corrected chi connectivity index (χ2v) is 9.99. The summed E-state index contributed by atoms with van der Waals surface area (Å²) >= 11 is 7.08. The fraction of sp³-hybridized carbons (Fsp3) is 0.190. The molecule has 0 atom stereocenters. The van der Waals surface area contributed by atoms with Crippen molar-refractivity contribution in [3.05, 3.63) is 75.2 Å². The molecule has 1 heterocycles. The highest BCUT2D eigenvalue weighted by Crippen LogP contribution is 2.23. The lowest BCUT2D eigenvalue weighted by molar-refractivity contribution is -0.113. The van der Waals surface area contributed by atoms with Crippen molar-refractivity contribution < 1.29 is 13.2 Å². The van der Waals surface area contributed by atoms with E-state index in [1.165, 1.54) is 12.1 Å². The van der Waals surface area contributed by atoms with Crippen LogP contribution in [0.25, 0.3) is 0 Å². The number of nitrogens with zero attached hydrogens (tertiary/aromatic N) is 1. The van der Waals surface area contributed by atoms with Gasteiger partial charge in [-0.05, 0) is 48.7 Å². The molecule has 1 aromatic heterocycles. The van der Waals surface area contributed by atoms with E-state index in [0.29, 0.717) is 10.7 Å². The normalized spacial score (nSPS) is 11.3. The summed E-state index contributed by atoms with van der Waals surface area (Å²) in [6.45, 7) is 3.85. The Morgan fingerprint density at radius 3 is 2.52 bits per heavy atom. The summed E-state index contributed by atoms with van der Waals surface area (Å²) in [6.07, 6.45) is 1.79. The molecular formula is C21H20ClN3O4S2. The predicted octanol–water partition coefficient (Wildman–Crippen LogP) is 3.86. The summed E-state index contributed by atoms with van der Waals surface area (Å²) in [5.41, 5.74) is 1.65. The maximum atomic E-state index is 12.7. The maximum Gasteiger partial charge on any atom is 0.270 e. The highest BCUT2D eigenvalue weighted by molar-refractivity contribution is 7.99. The molecule has 0 aliphatic rings. The number of H-pyrrole nitrogens is 1. The van der Waals surface area contributed by atoms with Crippen molar-refractivity contribution >= 4 is 44.8 Å². The van der Waals surface area contributed by atoms with E-state index in [9.17, 15) is 18.0 Å². The molecular weight excluding hydrogens is 458 g/mol. The fourth-order valence-electron chi connectivity index (χ4n) is 2.70. The van der Waals surface area contributed by atoms with E-state index in [-0.39, 0.29) is 21.7 Å². The van der Waals surface area contributed by atoms with Crippen molar-refractivity contribution in [1.29, 1.82) is 0 Å². The molecule has 3 aromatic rings. The summed E-state index contributed by atoms with van der Waals surface area (Å²) in [5.74, 6) is -0.385. The Labute approximate surface area is 189 Å². The SMILES string of the molecule is CCc1ccc(S(=O)(=O)c2cnc(SCC(=O)Nc3ccc(C)cc3Cl)[nH]c2=O)cc1. The molecule has 10 heteroatoms. The average molecular weight is 478 g/mol. The summed E-state index contributed by atoms with van der Waals surface area (Å²) in [7, 11) is -4.00. The zero-order valence-corrected chi connectivity index (χ0v) is 19.2. The number of carbonyl (C=O) groups excluding carboxylic acids is 1. The number of hydrogen-bond acceptors (Lipinski definition) is 6. The molecule has 31 heavy (non-hydrogen) atoms. The molecule has 0 saturated carbocycles.